The van der Waals surface area contributed by atoms with Gasteiger partial charge in [0.25, 0.3) is 0 Å². The van der Waals surface area contributed by atoms with Crippen LogP contribution >= 0.6 is 22.6 Å². The highest BCUT2D eigenvalue weighted by atomic mass is 127. The van der Waals surface area contributed by atoms with E-state index in [0.29, 0.717) is 9.13 Å². The normalized spacial score (nSPS) is 10.5. The van der Waals surface area contributed by atoms with E-state index in [1.54, 1.807) is 13.0 Å². The van der Waals surface area contributed by atoms with Crippen molar-refractivity contribution in [2.75, 3.05) is 0 Å². The molecule has 15 heavy (non-hydrogen) atoms. The number of carbonyl (C=O) groups is 1. The zero-order valence-electron chi connectivity index (χ0n) is 8.18. The van der Waals surface area contributed by atoms with Gasteiger partial charge in [-0.1, -0.05) is 0 Å². The molecule has 0 amide bonds. The van der Waals surface area contributed by atoms with Crippen LogP contribution in [0.5, 0.6) is 5.75 Å². The number of hydrogen-bond donors (Lipinski definition) is 0. The second kappa shape index (κ2) is 4.87. The molecule has 1 aromatic carbocycles. The highest BCUT2D eigenvalue weighted by Gasteiger charge is 2.14. The monoisotopic (exact) mass is 326 g/mol. The maximum Gasteiger partial charge on any atom is 0.387 e. The minimum atomic E-state index is -2.87. The molecule has 2 nitrogen and oxygen atoms in total. The van der Waals surface area contributed by atoms with Gasteiger partial charge in [0.15, 0.2) is 5.78 Å². The van der Waals surface area contributed by atoms with Crippen LogP contribution in [-0.4, -0.2) is 12.4 Å². The summed E-state index contributed by atoms with van der Waals surface area (Å²) in [5.41, 5.74) is 1.13. The quantitative estimate of drug-likeness (QED) is 0.629. The third kappa shape index (κ3) is 3.12. The minimum absolute atomic E-state index is 0.0517. The summed E-state index contributed by atoms with van der Waals surface area (Å²) in [4.78, 5) is 11.2. The molecule has 82 valence electrons. The van der Waals surface area contributed by atoms with Gasteiger partial charge >= 0.3 is 6.61 Å². The number of hydrogen-bond acceptors (Lipinski definition) is 2. The summed E-state index contributed by atoms with van der Waals surface area (Å²) in [6, 6.07) is 3.14. The molecule has 0 heterocycles. The fourth-order valence-electron chi connectivity index (χ4n) is 1.17. The smallest absolute Gasteiger partial charge is 0.387 e. The number of rotatable bonds is 3. The van der Waals surface area contributed by atoms with Crippen molar-refractivity contribution in [1.82, 2.24) is 0 Å². The summed E-state index contributed by atoms with van der Waals surface area (Å²) in [6.45, 7) is 0.240. The molecule has 0 saturated carbocycles. The maximum atomic E-state index is 12.1. The summed E-state index contributed by atoms with van der Waals surface area (Å²) < 4.78 is 28.9. The second-order valence-electron chi connectivity index (χ2n) is 3.06. The number of aryl methyl sites for hydroxylation is 1. The molecular weight excluding hydrogens is 317 g/mol. The van der Waals surface area contributed by atoms with E-state index in [4.69, 9.17) is 0 Å². The number of alkyl halides is 2. The average molecular weight is 326 g/mol. The van der Waals surface area contributed by atoms with Gasteiger partial charge in [-0.15, -0.1) is 0 Å². The lowest BCUT2D eigenvalue weighted by atomic mass is 10.1. The third-order valence-electron chi connectivity index (χ3n) is 1.78. The first-order chi connectivity index (χ1) is 6.91. The Bertz CT molecular complexity index is 391. The lowest BCUT2D eigenvalue weighted by Gasteiger charge is -2.10. The molecule has 0 aromatic heterocycles. The average Bonchev–Trinajstić information content (AvgIpc) is 2.09. The lowest BCUT2D eigenvalue weighted by molar-refractivity contribution is -0.0504. The van der Waals surface area contributed by atoms with Crippen LogP contribution in [0.25, 0.3) is 0 Å². The van der Waals surface area contributed by atoms with E-state index in [9.17, 15) is 13.6 Å². The van der Waals surface area contributed by atoms with E-state index in [0.717, 1.165) is 5.56 Å². The molecule has 0 bridgehead atoms. The summed E-state index contributed by atoms with van der Waals surface area (Å²) in [6.07, 6.45) is 0. The Balaban J connectivity index is 3.22. The molecule has 0 N–H and O–H groups in total. The van der Waals surface area contributed by atoms with Gasteiger partial charge in [0.2, 0.25) is 0 Å². The van der Waals surface area contributed by atoms with Crippen LogP contribution in [0.1, 0.15) is 22.8 Å². The first kappa shape index (κ1) is 12.4. The molecule has 0 aliphatic heterocycles. The Labute approximate surface area is 99.8 Å². The standard InChI is InChI=1S/C10H9F2IO2/c1-5-3-7(6(2)14)9(13)8(4-5)15-10(11)12/h3-4,10H,1-2H3. The molecule has 0 fully saturated rings. The van der Waals surface area contributed by atoms with Gasteiger partial charge in [0, 0.05) is 5.56 Å². The highest BCUT2D eigenvalue weighted by Crippen LogP contribution is 2.28. The van der Waals surface area contributed by atoms with Gasteiger partial charge in [0.05, 0.1) is 3.57 Å². The second-order valence-corrected chi connectivity index (χ2v) is 4.14. The number of benzene rings is 1. The summed E-state index contributed by atoms with van der Waals surface area (Å²) in [5, 5.41) is 0. The molecule has 0 unspecified atom stereocenters. The fourth-order valence-corrected chi connectivity index (χ4v) is 1.99. The zero-order chi connectivity index (χ0) is 11.6. The summed E-state index contributed by atoms with van der Waals surface area (Å²) >= 11 is 1.83. The van der Waals surface area contributed by atoms with E-state index in [1.807, 2.05) is 22.6 Å². The summed E-state index contributed by atoms with van der Waals surface area (Å²) in [5.74, 6) is -0.113. The highest BCUT2D eigenvalue weighted by molar-refractivity contribution is 14.1. The molecule has 1 rings (SSSR count). The Morgan fingerprint density at radius 1 is 1.47 bits per heavy atom. The van der Waals surface area contributed by atoms with E-state index < -0.39 is 6.61 Å². The number of ketones is 1. The molecule has 0 aliphatic carbocycles. The Hall–Kier alpha value is -0.720. The lowest BCUT2D eigenvalue weighted by Crippen LogP contribution is -2.06. The Morgan fingerprint density at radius 3 is 2.53 bits per heavy atom. The van der Waals surface area contributed by atoms with Gasteiger partial charge < -0.3 is 4.74 Å². The maximum absolute atomic E-state index is 12.1. The van der Waals surface area contributed by atoms with Gasteiger partial charge in [0.1, 0.15) is 5.75 Å². The van der Waals surface area contributed by atoms with E-state index in [2.05, 4.69) is 4.74 Å². The largest absolute Gasteiger partial charge is 0.434 e. The number of carbonyl (C=O) groups excluding carboxylic acids is 1. The van der Waals surface area contributed by atoms with Crippen LogP contribution in [0, 0.1) is 10.5 Å². The Morgan fingerprint density at radius 2 is 2.07 bits per heavy atom. The van der Waals surface area contributed by atoms with Crippen LogP contribution in [0.15, 0.2) is 12.1 Å². The van der Waals surface area contributed by atoms with Crippen LogP contribution in [-0.2, 0) is 0 Å². The van der Waals surface area contributed by atoms with Gasteiger partial charge in [-0.3, -0.25) is 4.79 Å². The molecule has 5 heteroatoms. The zero-order valence-corrected chi connectivity index (χ0v) is 10.3. The summed E-state index contributed by atoms with van der Waals surface area (Å²) in [7, 11) is 0. The van der Waals surface area contributed by atoms with E-state index >= 15 is 0 Å². The van der Waals surface area contributed by atoms with Crippen molar-refractivity contribution in [2.24, 2.45) is 0 Å². The van der Waals surface area contributed by atoms with Crippen molar-refractivity contribution in [1.29, 1.82) is 0 Å². The predicted octanol–water partition coefficient (Wildman–Crippen LogP) is 3.40. The Kier molecular flexibility index (Phi) is 4.01. The van der Waals surface area contributed by atoms with E-state index in [-0.39, 0.29) is 11.5 Å². The third-order valence-corrected chi connectivity index (χ3v) is 2.89. The van der Waals surface area contributed by atoms with Gasteiger partial charge in [-0.05, 0) is 54.1 Å². The van der Waals surface area contributed by atoms with Crippen molar-refractivity contribution in [3.63, 3.8) is 0 Å². The van der Waals surface area contributed by atoms with Crippen molar-refractivity contribution >= 4 is 28.4 Å². The van der Waals surface area contributed by atoms with Crippen LogP contribution in [0.2, 0.25) is 0 Å². The molecular formula is C10H9F2IO2. The first-order valence-corrected chi connectivity index (χ1v) is 5.25. The van der Waals surface area contributed by atoms with Crippen molar-refractivity contribution in [3.8, 4) is 5.75 Å². The van der Waals surface area contributed by atoms with E-state index in [1.165, 1.54) is 13.0 Å². The number of Topliss-reactive ketones (excluding diaryl/α,β-unsaturated/α-hetero) is 1. The van der Waals surface area contributed by atoms with Crippen LogP contribution in [0.4, 0.5) is 8.78 Å². The number of ether oxygens (including phenoxy) is 1. The number of halogens is 3. The van der Waals surface area contributed by atoms with Crippen molar-refractivity contribution in [3.05, 3.63) is 26.8 Å². The van der Waals surface area contributed by atoms with Gasteiger partial charge in [-0.25, -0.2) is 0 Å². The van der Waals surface area contributed by atoms with Crippen molar-refractivity contribution < 1.29 is 18.3 Å². The molecule has 0 atom stereocenters. The topological polar surface area (TPSA) is 26.3 Å². The predicted molar refractivity (Wildman–Crippen MR) is 60.5 cm³/mol. The van der Waals surface area contributed by atoms with Crippen molar-refractivity contribution in [2.45, 2.75) is 20.5 Å². The molecule has 0 aliphatic rings. The first-order valence-electron chi connectivity index (χ1n) is 4.17. The molecule has 0 radical (unpaired) electrons. The van der Waals surface area contributed by atoms with Crippen LogP contribution in [0.3, 0.4) is 0 Å². The minimum Gasteiger partial charge on any atom is -0.434 e. The van der Waals surface area contributed by atoms with Gasteiger partial charge in [-0.2, -0.15) is 8.78 Å². The SMILES string of the molecule is CC(=O)c1cc(C)cc(OC(F)F)c1I. The molecule has 0 spiro atoms. The van der Waals surface area contributed by atoms with Crippen LogP contribution < -0.4 is 4.74 Å². The molecule has 0 saturated heterocycles. The fraction of sp³-hybridized carbons (Fsp3) is 0.300. The molecule has 1 aromatic rings.